The van der Waals surface area contributed by atoms with Crippen LogP contribution in [-0.4, -0.2) is 53.5 Å². The number of fused-ring (bicyclic) bond motifs is 2. The van der Waals surface area contributed by atoms with Gasteiger partial charge in [-0.2, -0.15) is 0 Å². The number of aromatic amines is 1. The highest BCUT2D eigenvalue weighted by Crippen LogP contribution is 2.25. The van der Waals surface area contributed by atoms with E-state index in [0.717, 1.165) is 17.1 Å². The molecule has 0 unspecified atom stereocenters. The Bertz CT molecular complexity index is 1120. The second-order valence-electron chi connectivity index (χ2n) is 6.94. The molecule has 2 aromatic heterocycles. The standard InChI is InChI=1S/C20H21N5O3/c1-24(2)19-13-6-7-25(10-17(13)22-11-23-19)20(27)15-9-21-16-5-4-12(28-3)8-14(16)18(15)26/h4-5,8-9,11H,6-7,10H2,1-3H3,(H,21,26). The SMILES string of the molecule is COc1ccc2[nH]cc(C(=O)N3CCc4c(ncnc4N(C)C)C3)c(=O)c2c1. The molecule has 3 aromatic rings. The van der Waals surface area contributed by atoms with Gasteiger partial charge >= 0.3 is 0 Å². The minimum Gasteiger partial charge on any atom is -0.497 e. The fourth-order valence-corrected chi connectivity index (χ4v) is 3.55. The number of anilines is 1. The van der Waals surface area contributed by atoms with E-state index in [0.29, 0.717) is 36.2 Å². The van der Waals surface area contributed by atoms with Crippen LogP contribution in [-0.2, 0) is 13.0 Å². The molecule has 1 aliphatic rings. The van der Waals surface area contributed by atoms with Gasteiger partial charge in [0.1, 0.15) is 23.5 Å². The summed E-state index contributed by atoms with van der Waals surface area (Å²) >= 11 is 0. The molecule has 28 heavy (non-hydrogen) atoms. The average molecular weight is 379 g/mol. The third-order valence-corrected chi connectivity index (χ3v) is 5.01. The number of nitrogens with zero attached hydrogens (tertiary/aromatic N) is 4. The van der Waals surface area contributed by atoms with E-state index in [1.54, 1.807) is 30.2 Å². The van der Waals surface area contributed by atoms with Gasteiger partial charge in [-0.1, -0.05) is 0 Å². The van der Waals surface area contributed by atoms with Crippen LogP contribution in [0.1, 0.15) is 21.6 Å². The van der Waals surface area contributed by atoms with E-state index >= 15 is 0 Å². The van der Waals surface area contributed by atoms with E-state index in [1.807, 2.05) is 19.0 Å². The number of methoxy groups -OCH3 is 1. The maximum absolute atomic E-state index is 13.1. The Morgan fingerprint density at radius 3 is 2.86 bits per heavy atom. The van der Waals surface area contributed by atoms with Crippen LogP contribution < -0.4 is 15.1 Å². The lowest BCUT2D eigenvalue weighted by Gasteiger charge is -2.30. The molecule has 0 saturated heterocycles. The summed E-state index contributed by atoms with van der Waals surface area (Å²) < 4.78 is 5.20. The quantitative estimate of drug-likeness (QED) is 0.743. The van der Waals surface area contributed by atoms with Crippen molar-refractivity contribution in [2.24, 2.45) is 0 Å². The molecule has 1 amide bonds. The first kappa shape index (κ1) is 18.0. The predicted octanol–water partition coefficient (Wildman–Crippen LogP) is 1.59. The molecule has 1 aromatic carbocycles. The summed E-state index contributed by atoms with van der Waals surface area (Å²) in [5.74, 6) is 1.14. The van der Waals surface area contributed by atoms with E-state index in [-0.39, 0.29) is 16.9 Å². The van der Waals surface area contributed by atoms with Crippen LogP contribution in [0.15, 0.2) is 35.5 Å². The number of pyridine rings is 1. The Labute approximate surface area is 161 Å². The fourth-order valence-electron chi connectivity index (χ4n) is 3.55. The predicted molar refractivity (Wildman–Crippen MR) is 106 cm³/mol. The van der Waals surface area contributed by atoms with Gasteiger partial charge in [-0.25, -0.2) is 9.97 Å². The number of hydrogen-bond donors (Lipinski definition) is 1. The van der Waals surface area contributed by atoms with Crippen LogP contribution in [0.2, 0.25) is 0 Å². The summed E-state index contributed by atoms with van der Waals surface area (Å²) in [4.78, 5) is 41.3. The summed E-state index contributed by atoms with van der Waals surface area (Å²) in [6, 6.07) is 5.18. The molecule has 0 atom stereocenters. The lowest BCUT2D eigenvalue weighted by Crippen LogP contribution is -2.39. The van der Waals surface area contributed by atoms with E-state index in [9.17, 15) is 9.59 Å². The smallest absolute Gasteiger partial charge is 0.259 e. The molecule has 8 heteroatoms. The Balaban J connectivity index is 1.68. The van der Waals surface area contributed by atoms with Crippen LogP contribution in [0, 0.1) is 0 Å². The molecule has 1 N–H and O–H groups in total. The zero-order chi connectivity index (χ0) is 19.8. The molecule has 0 radical (unpaired) electrons. The van der Waals surface area contributed by atoms with Gasteiger partial charge in [-0.05, 0) is 24.6 Å². The van der Waals surface area contributed by atoms with Crippen molar-refractivity contribution in [1.29, 1.82) is 0 Å². The lowest BCUT2D eigenvalue weighted by atomic mass is 10.0. The lowest BCUT2D eigenvalue weighted by molar-refractivity contribution is 0.0730. The number of benzene rings is 1. The first-order chi connectivity index (χ1) is 13.5. The van der Waals surface area contributed by atoms with Gasteiger partial charge in [0.25, 0.3) is 5.91 Å². The minimum atomic E-state index is -0.305. The zero-order valence-electron chi connectivity index (χ0n) is 16.0. The first-order valence-corrected chi connectivity index (χ1v) is 8.98. The summed E-state index contributed by atoms with van der Waals surface area (Å²) in [5.41, 5.74) is 2.34. The molecule has 3 heterocycles. The molecule has 0 fully saturated rings. The molecule has 4 rings (SSSR count). The van der Waals surface area contributed by atoms with Gasteiger partial charge in [0.2, 0.25) is 5.43 Å². The molecule has 0 bridgehead atoms. The number of H-pyrrole nitrogens is 1. The van der Waals surface area contributed by atoms with Gasteiger partial charge in [-0.15, -0.1) is 0 Å². The third-order valence-electron chi connectivity index (χ3n) is 5.01. The summed E-state index contributed by atoms with van der Waals surface area (Å²) in [6.07, 6.45) is 3.65. The monoisotopic (exact) mass is 379 g/mol. The largest absolute Gasteiger partial charge is 0.497 e. The molecular formula is C20H21N5O3. The topological polar surface area (TPSA) is 91.4 Å². The van der Waals surface area contributed by atoms with Gasteiger partial charge in [0.05, 0.1) is 19.3 Å². The number of rotatable bonds is 3. The van der Waals surface area contributed by atoms with Crippen molar-refractivity contribution in [2.45, 2.75) is 13.0 Å². The van der Waals surface area contributed by atoms with Gasteiger partial charge < -0.3 is 19.5 Å². The van der Waals surface area contributed by atoms with Crippen molar-refractivity contribution in [3.63, 3.8) is 0 Å². The number of amides is 1. The van der Waals surface area contributed by atoms with Crippen molar-refractivity contribution in [3.8, 4) is 5.75 Å². The summed E-state index contributed by atoms with van der Waals surface area (Å²) in [5, 5.41) is 0.430. The van der Waals surface area contributed by atoms with Crippen LogP contribution in [0.3, 0.4) is 0 Å². The highest BCUT2D eigenvalue weighted by atomic mass is 16.5. The Kier molecular flexibility index (Phi) is 4.46. The molecule has 8 nitrogen and oxygen atoms in total. The van der Waals surface area contributed by atoms with Crippen LogP contribution in [0.25, 0.3) is 10.9 Å². The highest BCUT2D eigenvalue weighted by Gasteiger charge is 2.27. The van der Waals surface area contributed by atoms with Crippen LogP contribution in [0.5, 0.6) is 5.75 Å². The first-order valence-electron chi connectivity index (χ1n) is 8.98. The van der Waals surface area contributed by atoms with Gasteiger partial charge in [0.15, 0.2) is 0 Å². The Hall–Kier alpha value is -3.42. The Morgan fingerprint density at radius 1 is 1.29 bits per heavy atom. The number of nitrogens with one attached hydrogen (secondary N) is 1. The van der Waals surface area contributed by atoms with Crippen molar-refractivity contribution in [1.82, 2.24) is 19.9 Å². The molecular weight excluding hydrogens is 358 g/mol. The molecule has 0 spiro atoms. The van der Waals surface area contributed by atoms with Gasteiger partial charge in [-0.3, -0.25) is 9.59 Å². The normalized spacial score (nSPS) is 13.3. The Morgan fingerprint density at radius 2 is 2.11 bits per heavy atom. The number of aromatic nitrogens is 3. The summed E-state index contributed by atoms with van der Waals surface area (Å²) in [7, 11) is 5.41. The summed E-state index contributed by atoms with van der Waals surface area (Å²) in [6.45, 7) is 0.864. The second kappa shape index (κ2) is 6.95. The maximum Gasteiger partial charge on any atom is 0.259 e. The fraction of sp³-hybridized carbons (Fsp3) is 0.300. The zero-order valence-corrected chi connectivity index (χ0v) is 16.0. The van der Waals surface area contributed by atoms with Crippen molar-refractivity contribution < 1.29 is 9.53 Å². The van der Waals surface area contributed by atoms with E-state index in [1.165, 1.54) is 12.5 Å². The number of ether oxygens (including phenoxy) is 1. The van der Waals surface area contributed by atoms with Crippen LogP contribution in [0.4, 0.5) is 5.82 Å². The average Bonchev–Trinajstić information content (AvgIpc) is 2.72. The van der Waals surface area contributed by atoms with E-state index in [4.69, 9.17) is 4.74 Å². The second-order valence-corrected chi connectivity index (χ2v) is 6.94. The molecule has 0 aliphatic carbocycles. The van der Waals surface area contributed by atoms with Crippen molar-refractivity contribution >= 4 is 22.6 Å². The van der Waals surface area contributed by atoms with E-state index in [2.05, 4.69) is 15.0 Å². The minimum absolute atomic E-state index is 0.117. The molecule has 1 aliphatic heterocycles. The molecule has 144 valence electrons. The number of hydrogen-bond acceptors (Lipinski definition) is 6. The highest BCUT2D eigenvalue weighted by molar-refractivity contribution is 5.97. The van der Waals surface area contributed by atoms with E-state index < -0.39 is 0 Å². The third kappa shape index (κ3) is 2.96. The van der Waals surface area contributed by atoms with Crippen LogP contribution >= 0.6 is 0 Å². The van der Waals surface area contributed by atoms with Crippen molar-refractivity contribution in [3.05, 3.63) is 57.8 Å². The molecule has 0 saturated carbocycles. The number of carbonyl (C=O) groups is 1. The van der Waals surface area contributed by atoms with Crippen molar-refractivity contribution in [2.75, 3.05) is 32.6 Å². The maximum atomic E-state index is 13.1. The van der Waals surface area contributed by atoms with Gasteiger partial charge in [0, 0.05) is 43.3 Å². The number of carbonyl (C=O) groups excluding carboxylic acids is 1.